The smallest absolute Gasteiger partial charge is 0.186 e. The molecule has 1 N–H and O–H groups in total. The number of nitriles is 1. The number of Topliss-reactive ketones (excluding diaryl/α,β-unsaturated/α-hetero) is 1. The summed E-state index contributed by atoms with van der Waals surface area (Å²) >= 11 is 0. The lowest BCUT2D eigenvalue weighted by molar-refractivity contribution is 0.0977. The molecule has 0 saturated carbocycles. The summed E-state index contributed by atoms with van der Waals surface area (Å²) in [7, 11) is 0. The topological polar surface area (TPSA) is 69.5 Å². The van der Waals surface area contributed by atoms with Crippen LogP contribution < -0.4 is 0 Å². The van der Waals surface area contributed by atoms with Crippen molar-refractivity contribution < 1.29 is 4.79 Å². The molecule has 0 bridgehead atoms. The van der Waals surface area contributed by atoms with Crippen LogP contribution in [0.15, 0.2) is 42.6 Å². The van der Waals surface area contributed by atoms with Crippen LogP contribution in [0.1, 0.15) is 46.1 Å². The summed E-state index contributed by atoms with van der Waals surface area (Å²) in [6.07, 6.45) is 6.13. The van der Waals surface area contributed by atoms with Crippen LogP contribution in [0.5, 0.6) is 0 Å². The summed E-state index contributed by atoms with van der Waals surface area (Å²) in [6, 6.07) is 13.1. The molecule has 1 atom stereocenters. The Kier molecular flexibility index (Phi) is 3.62. The minimum absolute atomic E-state index is 0.191. The number of aryl methyl sites for hydroxylation is 2. The third-order valence-electron chi connectivity index (χ3n) is 4.76. The normalized spacial score (nSPS) is 14.8. The number of aromatic amines is 1. The molecule has 0 fully saturated rings. The van der Waals surface area contributed by atoms with Gasteiger partial charge in [-0.1, -0.05) is 6.07 Å². The first-order chi connectivity index (χ1) is 11.8. The Morgan fingerprint density at radius 2 is 2.08 bits per heavy atom. The van der Waals surface area contributed by atoms with Crippen molar-refractivity contribution >= 4 is 16.7 Å². The van der Waals surface area contributed by atoms with Crippen molar-refractivity contribution in [2.45, 2.75) is 31.6 Å². The lowest BCUT2D eigenvalue weighted by Crippen LogP contribution is -2.12. The second kappa shape index (κ2) is 5.93. The number of rotatable bonds is 3. The summed E-state index contributed by atoms with van der Waals surface area (Å²) in [6.45, 7) is 0. The zero-order chi connectivity index (χ0) is 16.5. The van der Waals surface area contributed by atoms with Crippen LogP contribution in [0.4, 0.5) is 0 Å². The van der Waals surface area contributed by atoms with E-state index in [1.54, 1.807) is 30.5 Å². The highest BCUT2D eigenvalue weighted by molar-refractivity contribution is 6.05. The first kappa shape index (κ1) is 14.6. The van der Waals surface area contributed by atoms with Crippen molar-refractivity contribution in [3.05, 3.63) is 65.1 Å². The van der Waals surface area contributed by atoms with Crippen molar-refractivity contribution in [1.29, 1.82) is 5.26 Å². The molecule has 0 saturated heterocycles. The molecule has 2 aromatic heterocycles. The second-order valence-corrected chi connectivity index (χ2v) is 6.23. The van der Waals surface area contributed by atoms with Gasteiger partial charge in [-0.05, 0) is 61.6 Å². The molecule has 118 valence electrons. The van der Waals surface area contributed by atoms with E-state index in [4.69, 9.17) is 0 Å². The summed E-state index contributed by atoms with van der Waals surface area (Å²) in [5.41, 5.74) is 4.78. The standard InChI is InChI=1S/C20H17N3O/c21-12-16(17-6-3-4-10-22-17)20(24)13-8-9-19-15(11-13)14-5-1-2-7-18(14)23-19/h3-4,6,8-11,16,23H,1-2,5,7H2/t16-/m1/s1. The Morgan fingerprint density at radius 1 is 1.21 bits per heavy atom. The summed E-state index contributed by atoms with van der Waals surface area (Å²) < 4.78 is 0. The number of benzene rings is 1. The lowest BCUT2D eigenvalue weighted by Gasteiger charge is -2.11. The lowest BCUT2D eigenvalue weighted by atomic mass is 9.92. The van der Waals surface area contributed by atoms with Gasteiger partial charge in [-0.15, -0.1) is 0 Å². The number of pyridine rings is 1. The molecule has 0 radical (unpaired) electrons. The van der Waals surface area contributed by atoms with Crippen molar-refractivity contribution in [3.8, 4) is 6.07 Å². The van der Waals surface area contributed by atoms with Gasteiger partial charge in [-0.3, -0.25) is 9.78 Å². The Balaban J connectivity index is 1.76. The van der Waals surface area contributed by atoms with Gasteiger partial charge in [0.15, 0.2) is 11.7 Å². The predicted molar refractivity (Wildman–Crippen MR) is 91.9 cm³/mol. The average molecular weight is 315 g/mol. The van der Waals surface area contributed by atoms with Gasteiger partial charge in [-0.2, -0.15) is 5.26 Å². The van der Waals surface area contributed by atoms with E-state index >= 15 is 0 Å². The Morgan fingerprint density at radius 3 is 2.88 bits per heavy atom. The number of hydrogen-bond acceptors (Lipinski definition) is 3. The molecule has 4 rings (SSSR count). The number of fused-ring (bicyclic) bond motifs is 3. The van der Waals surface area contributed by atoms with Gasteiger partial charge in [0.2, 0.25) is 0 Å². The number of H-pyrrole nitrogens is 1. The fourth-order valence-electron chi connectivity index (χ4n) is 3.53. The fourth-order valence-corrected chi connectivity index (χ4v) is 3.53. The maximum Gasteiger partial charge on any atom is 0.186 e. The third-order valence-corrected chi connectivity index (χ3v) is 4.76. The number of aromatic nitrogens is 2. The van der Waals surface area contributed by atoms with E-state index in [2.05, 4.69) is 16.0 Å². The SMILES string of the molecule is N#C[C@@H](C(=O)c1ccc2[nH]c3c(c2c1)CCCC3)c1ccccn1. The molecule has 0 amide bonds. The zero-order valence-electron chi connectivity index (χ0n) is 13.2. The van der Waals surface area contributed by atoms with Crippen molar-refractivity contribution in [1.82, 2.24) is 9.97 Å². The van der Waals surface area contributed by atoms with E-state index in [0.717, 1.165) is 23.7 Å². The number of carbonyl (C=O) groups is 1. The second-order valence-electron chi connectivity index (χ2n) is 6.23. The molecule has 3 aromatic rings. The first-order valence-corrected chi connectivity index (χ1v) is 8.26. The van der Waals surface area contributed by atoms with Gasteiger partial charge in [0.1, 0.15) is 0 Å². The summed E-state index contributed by atoms with van der Waals surface area (Å²) in [5, 5.41) is 10.6. The largest absolute Gasteiger partial charge is 0.358 e. The van der Waals surface area contributed by atoms with Crippen LogP contribution in [0, 0.1) is 11.3 Å². The fraction of sp³-hybridized carbons (Fsp3) is 0.250. The van der Waals surface area contributed by atoms with E-state index < -0.39 is 5.92 Å². The minimum Gasteiger partial charge on any atom is -0.358 e. The molecule has 1 aromatic carbocycles. The van der Waals surface area contributed by atoms with Gasteiger partial charge >= 0.3 is 0 Å². The number of nitrogens with one attached hydrogen (secondary N) is 1. The molecular formula is C20H17N3O. The molecule has 4 nitrogen and oxygen atoms in total. The van der Waals surface area contributed by atoms with Crippen molar-refractivity contribution in [2.24, 2.45) is 0 Å². The van der Waals surface area contributed by atoms with Gasteiger partial charge in [0.05, 0.1) is 11.8 Å². The van der Waals surface area contributed by atoms with Crippen LogP contribution >= 0.6 is 0 Å². The van der Waals surface area contributed by atoms with Crippen LogP contribution in [0.2, 0.25) is 0 Å². The van der Waals surface area contributed by atoms with E-state index in [-0.39, 0.29) is 5.78 Å². The van der Waals surface area contributed by atoms with E-state index in [1.807, 2.05) is 12.1 Å². The predicted octanol–water partition coefficient (Wildman–Crippen LogP) is 3.93. The van der Waals surface area contributed by atoms with Gasteiger partial charge < -0.3 is 4.98 Å². The monoisotopic (exact) mass is 315 g/mol. The van der Waals surface area contributed by atoms with Gasteiger partial charge in [0, 0.05) is 28.4 Å². The van der Waals surface area contributed by atoms with Gasteiger partial charge in [-0.25, -0.2) is 0 Å². The van der Waals surface area contributed by atoms with Crippen LogP contribution in [-0.2, 0) is 12.8 Å². The first-order valence-electron chi connectivity index (χ1n) is 8.26. The highest BCUT2D eigenvalue weighted by atomic mass is 16.1. The zero-order valence-corrected chi connectivity index (χ0v) is 13.2. The summed E-state index contributed by atoms with van der Waals surface area (Å²) in [4.78, 5) is 20.5. The minimum atomic E-state index is -0.863. The molecule has 1 aliphatic rings. The Bertz CT molecular complexity index is 950. The highest BCUT2D eigenvalue weighted by Crippen LogP contribution is 2.30. The molecule has 0 aliphatic heterocycles. The number of hydrogen-bond donors (Lipinski definition) is 1. The maximum atomic E-state index is 12.8. The molecule has 1 aliphatic carbocycles. The Labute approximate surface area is 140 Å². The molecule has 0 spiro atoms. The van der Waals surface area contributed by atoms with E-state index in [1.165, 1.54) is 24.1 Å². The number of carbonyl (C=O) groups excluding carboxylic acids is 1. The van der Waals surface area contributed by atoms with Crippen molar-refractivity contribution in [3.63, 3.8) is 0 Å². The number of ketones is 1. The quantitative estimate of drug-likeness (QED) is 0.744. The molecule has 0 unspecified atom stereocenters. The van der Waals surface area contributed by atoms with Crippen LogP contribution in [0.3, 0.4) is 0 Å². The van der Waals surface area contributed by atoms with E-state index in [9.17, 15) is 10.1 Å². The van der Waals surface area contributed by atoms with Crippen LogP contribution in [0.25, 0.3) is 10.9 Å². The average Bonchev–Trinajstić information content (AvgIpc) is 3.01. The van der Waals surface area contributed by atoms with E-state index in [0.29, 0.717) is 11.3 Å². The maximum absolute atomic E-state index is 12.8. The number of nitrogens with zero attached hydrogens (tertiary/aromatic N) is 2. The summed E-state index contributed by atoms with van der Waals surface area (Å²) in [5.74, 6) is -1.05. The molecule has 4 heteroatoms. The van der Waals surface area contributed by atoms with Crippen LogP contribution in [-0.4, -0.2) is 15.8 Å². The third kappa shape index (κ3) is 2.39. The molecule has 24 heavy (non-hydrogen) atoms. The van der Waals surface area contributed by atoms with Gasteiger partial charge in [0.25, 0.3) is 0 Å². The molecule has 2 heterocycles. The Hall–Kier alpha value is -2.93. The highest BCUT2D eigenvalue weighted by Gasteiger charge is 2.24. The van der Waals surface area contributed by atoms with Crippen molar-refractivity contribution in [2.75, 3.05) is 0 Å². The molecular weight excluding hydrogens is 298 g/mol.